The van der Waals surface area contributed by atoms with Crippen LogP contribution in [0.2, 0.25) is 0 Å². The number of amides is 2. The van der Waals surface area contributed by atoms with Crippen molar-refractivity contribution in [2.24, 2.45) is 5.73 Å². The first kappa shape index (κ1) is 17.9. The molecule has 1 aromatic carbocycles. The van der Waals surface area contributed by atoms with E-state index in [-0.39, 0.29) is 24.5 Å². The van der Waals surface area contributed by atoms with Crippen molar-refractivity contribution in [2.75, 3.05) is 0 Å². The predicted molar refractivity (Wildman–Crippen MR) is 93.9 cm³/mol. The summed E-state index contributed by atoms with van der Waals surface area (Å²) in [6.07, 6.45) is 0.118. The number of rotatable bonds is 7. The van der Waals surface area contributed by atoms with Gasteiger partial charge in [-0.05, 0) is 25.5 Å². The SMILES string of the molecule is Cc1cc(C(=O)CCC(=O)NC(C(N)=O)c2ccccc2)c(C)s1. The molecule has 0 radical (unpaired) electrons. The average Bonchev–Trinajstić information content (AvgIpc) is 2.89. The lowest BCUT2D eigenvalue weighted by atomic mass is 10.0. The molecule has 3 N–H and O–H groups in total. The molecule has 1 unspecified atom stereocenters. The fourth-order valence-corrected chi connectivity index (χ4v) is 3.41. The summed E-state index contributed by atoms with van der Waals surface area (Å²) in [5, 5.41) is 2.60. The van der Waals surface area contributed by atoms with Crippen LogP contribution in [-0.4, -0.2) is 17.6 Å². The number of nitrogens with two attached hydrogens (primary N) is 1. The van der Waals surface area contributed by atoms with Crippen molar-refractivity contribution in [1.29, 1.82) is 0 Å². The van der Waals surface area contributed by atoms with Crippen molar-refractivity contribution in [3.63, 3.8) is 0 Å². The molecular formula is C18H20N2O3S. The minimum absolute atomic E-state index is 0.0176. The van der Waals surface area contributed by atoms with E-state index >= 15 is 0 Å². The Hall–Kier alpha value is -2.47. The Morgan fingerprint density at radius 2 is 1.79 bits per heavy atom. The smallest absolute Gasteiger partial charge is 0.244 e. The number of benzene rings is 1. The highest BCUT2D eigenvalue weighted by atomic mass is 32.1. The Bertz CT molecular complexity index is 753. The zero-order valence-corrected chi connectivity index (χ0v) is 14.5. The number of ketones is 1. The first-order valence-electron chi connectivity index (χ1n) is 7.62. The van der Waals surface area contributed by atoms with Crippen molar-refractivity contribution < 1.29 is 14.4 Å². The largest absolute Gasteiger partial charge is 0.368 e. The molecule has 2 amide bonds. The standard InChI is InChI=1S/C18H20N2O3S/c1-11-10-14(12(2)24-11)15(21)8-9-16(22)20-17(18(19)23)13-6-4-3-5-7-13/h3-7,10,17H,8-9H2,1-2H3,(H2,19,23)(H,20,22). The monoisotopic (exact) mass is 344 g/mol. The summed E-state index contributed by atoms with van der Waals surface area (Å²) >= 11 is 1.56. The highest BCUT2D eigenvalue weighted by molar-refractivity contribution is 7.12. The molecule has 0 bridgehead atoms. The number of nitrogens with one attached hydrogen (secondary N) is 1. The highest BCUT2D eigenvalue weighted by Gasteiger charge is 2.21. The number of aryl methyl sites for hydroxylation is 2. The summed E-state index contributed by atoms with van der Waals surface area (Å²) in [5.74, 6) is -1.08. The molecule has 126 valence electrons. The number of Topliss-reactive ketones (excluding diaryl/α,β-unsaturated/α-hetero) is 1. The van der Waals surface area contributed by atoms with Gasteiger partial charge in [-0.2, -0.15) is 0 Å². The number of thiophene rings is 1. The van der Waals surface area contributed by atoms with Gasteiger partial charge >= 0.3 is 0 Å². The van der Waals surface area contributed by atoms with Crippen LogP contribution in [0.4, 0.5) is 0 Å². The van der Waals surface area contributed by atoms with Crippen LogP contribution in [-0.2, 0) is 9.59 Å². The lowest BCUT2D eigenvalue weighted by Gasteiger charge is -2.15. The fraction of sp³-hybridized carbons (Fsp3) is 0.278. The Balaban J connectivity index is 1.95. The van der Waals surface area contributed by atoms with Crippen LogP contribution in [0.5, 0.6) is 0 Å². The molecule has 24 heavy (non-hydrogen) atoms. The van der Waals surface area contributed by atoms with Gasteiger partial charge in [0, 0.05) is 28.2 Å². The Morgan fingerprint density at radius 1 is 1.12 bits per heavy atom. The Labute approximate surface area is 144 Å². The molecule has 1 heterocycles. The Kier molecular flexibility index (Phi) is 5.87. The molecule has 6 heteroatoms. The van der Waals surface area contributed by atoms with E-state index in [0.717, 1.165) is 9.75 Å². The maximum absolute atomic E-state index is 12.2. The fourth-order valence-electron chi connectivity index (χ4n) is 2.47. The zero-order chi connectivity index (χ0) is 17.7. The first-order chi connectivity index (χ1) is 11.4. The van der Waals surface area contributed by atoms with E-state index in [1.165, 1.54) is 0 Å². The topological polar surface area (TPSA) is 89.3 Å². The average molecular weight is 344 g/mol. The molecule has 1 atom stereocenters. The van der Waals surface area contributed by atoms with E-state index in [1.807, 2.05) is 26.0 Å². The zero-order valence-electron chi connectivity index (χ0n) is 13.7. The third-order valence-corrected chi connectivity index (χ3v) is 4.61. The van der Waals surface area contributed by atoms with Gasteiger partial charge in [-0.15, -0.1) is 11.3 Å². The Morgan fingerprint density at radius 3 is 2.33 bits per heavy atom. The number of carbonyl (C=O) groups is 3. The van der Waals surface area contributed by atoms with Crippen molar-refractivity contribution in [3.05, 3.63) is 57.3 Å². The highest BCUT2D eigenvalue weighted by Crippen LogP contribution is 2.22. The van der Waals surface area contributed by atoms with Gasteiger partial charge in [0.2, 0.25) is 11.8 Å². The maximum atomic E-state index is 12.2. The molecule has 0 aliphatic carbocycles. The van der Waals surface area contributed by atoms with E-state index < -0.39 is 11.9 Å². The van der Waals surface area contributed by atoms with Crippen LogP contribution in [0, 0.1) is 13.8 Å². The van der Waals surface area contributed by atoms with Crippen molar-refractivity contribution in [3.8, 4) is 0 Å². The second-order valence-electron chi connectivity index (χ2n) is 5.56. The minimum atomic E-state index is -0.890. The van der Waals surface area contributed by atoms with Crippen LogP contribution >= 0.6 is 11.3 Å². The molecule has 1 aromatic heterocycles. The molecule has 2 rings (SSSR count). The first-order valence-corrected chi connectivity index (χ1v) is 8.44. The van der Waals surface area contributed by atoms with E-state index in [9.17, 15) is 14.4 Å². The van der Waals surface area contributed by atoms with Gasteiger partial charge in [-0.25, -0.2) is 0 Å². The van der Waals surface area contributed by atoms with Crippen molar-refractivity contribution >= 4 is 28.9 Å². The molecule has 2 aromatic rings. The van der Waals surface area contributed by atoms with Crippen molar-refractivity contribution in [2.45, 2.75) is 32.7 Å². The van der Waals surface area contributed by atoms with Crippen molar-refractivity contribution in [1.82, 2.24) is 5.32 Å². The van der Waals surface area contributed by atoms with E-state index in [0.29, 0.717) is 11.1 Å². The third kappa shape index (κ3) is 4.52. The van der Waals surface area contributed by atoms with Gasteiger partial charge in [0.1, 0.15) is 6.04 Å². The van der Waals surface area contributed by atoms with E-state index in [4.69, 9.17) is 5.73 Å². The lowest BCUT2D eigenvalue weighted by molar-refractivity contribution is -0.127. The molecule has 0 spiro atoms. The second-order valence-corrected chi connectivity index (χ2v) is 7.02. The lowest BCUT2D eigenvalue weighted by Crippen LogP contribution is -2.37. The van der Waals surface area contributed by atoms with Crippen LogP contribution in [0.25, 0.3) is 0 Å². The summed E-state index contributed by atoms with van der Waals surface area (Å²) < 4.78 is 0. The molecule has 5 nitrogen and oxygen atoms in total. The summed E-state index contributed by atoms with van der Waals surface area (Å²) in [6.45, 7) is 3.84. The minimum Gasteiger partial charge on any atom is -0.368 e. The number of hydrogen-bond acceptors (Lipinski definition) is 4. The molecular weight excluding hydrogens is 324 g/mol. The van der Waals surface area contributed by atoms with Crippen LogP contribution in [0.1, 0.15) is 44.6 Å². The van der Waals surface area contributed by atoms with Gasteiger partial charge in [0.15, 0.2) is 5.78 Å². The van der Waals surface area contributed by atoms with Gasteiger partial charge in [-0.3, -0.25) is 14.4 Å². The van der Waals surface area contributed by atoms with Gasteiger partial charge < -0.3 is 11.1 Å². The predicted octanol–water partition coefficient (Wildman–Crippen LogP) is 2.67. The maximum Gasteiger partial charge on any atom is 0.244 e. The molecule has 0 fully saturated rings. The number of carbonyl (C=O) groups excluding carboxylic acids is 3. The second kappa shape index (κ2) is 7.88. The quantitative estimate of drug-likeness (QED) is 0.757. The summed E-state index contributed by atoms with van der Waals surface area (Å²) in [6, 6.07) is 9.74. The van der Waals surface area contributed by atoms with Crippen LogP contribution in [0.15, 0.2) is 36.4 Å². The normalized spacial score (nSPS) is 11.8. The van der Waals surface area contributed by atoms with Crippen LogP contribution in [0.3, 0.4) is 0 Å². The molecule has 0 saturated carbocycles. The molecule has 0 aliphatic rings. The van der Waals surface area contributed by atoms with Gasteiger partial charge in [0.05, 0.1) is 0 Å². The van der Waals surface area contributed by atoms with Gasteiger partial charge in [0.25, 0.3) is 0 Å². The van der Waals surface area contributed by atoms with Gasteiger partial charge in [-0.1, -0.05) is 30.3 Å². The summed E-state index contributed by atoms with van der Waals surface area (Å²) in [5.41, 5.74) is 6.65. The molecule has 0 saturated heterocycles. The van der Waals surface area contributed by atoms with E-state index in [1.54, 1.807) is 35.6 Å². The third-order valence-electron chi connectivity index (χ3n) is 3.64. The molecule has 0 aliphatic heterocycles. The van der Waals surface area contributed by atoms with E-state index in [2.05, 4.69) is 5.32 Å². The number of primary amides is 1. The summed E-state index contributed by atoms with van der Waals surface area (Å²) in [7, 11) is 0. The number of hydrogen-bond donors (Lipinski definition) is 2. The summed E-state index contributed by atoms with van der Waals surface area (Å²) in [4.78, 5) is 37.9. The van der Waals surface area contributed by atoms with Crippen LogP contribution < -0.4 is 11.1 Å².